The number of halogens is 1. The Labute approximate surface area is 110 Å². The summed E-state index contributed by atoms with van der Waals surface area (Å²) in [7, 11) is 0. The van der Waals surface area contributed by atoms with Crippen LogP contribution < -0.4 is 5.73 Å². The quantitative estimate of drug-likeness (QED) is 0.922. The molecule has 0 saturated heterocycles. The normalized spacial score (nSPS) is 10.3. The van der Waals surface area contributed by atoms with E-state index in [4.69, 9.17) is 27.1 Å². The Morgan fingerprint density at radius 3 is 2.94 bits per heavy atom. The lowest BCUT2D eigenvalue weighted by Crippen LogP contribution is -2.01. The minimum atomic E-state index is 0.457. The first kappa shape index (κ1) is 12.6. The summed E-state index contributed by atoms with van der Waals surface area (Å²) in [5.41, 5.74) is 8.32. The first-order valence-corrected chi connectivity index (χ1v) is 5.90. The van der Waals surface area contributed by atoms with Gasteiger partial charge in [0.1, 0.15) is 17.5 Å². The molecule has 0 fully saturated rings. The molecule has 0 amide bonds. The Morgan fingerprint density at radius 2 is 2.28 bits per heavy atom. The zero-order valence-electron chi connectivity index (χ0n) is 9.90. The third-order valence-electron chi connectivity index (χ3n) is 2.73. The van der Waals surface area contributed by atoms with E-state index >= 15 is 0 Å². The van der Waals surface area contributed by atoms with Gasteiger partial charge in [0.25, 0.3) is 0 Å². The monoisotopic (exact) mass is 261 g/mol. The van der Waals surface area contributed by atoms with Gasteiger partial charge in [-0.2, -0.15) is 5.26 Å². The summed E-state index contributed by atoms with van der Waals surface area (Å²) in [6.45, 7) is 2.37. The van der Waals surface area contributed by atoms with Crippen LogP contribution in [0.5, 0.6) is 0 Å². The summed E-state index contributed by atoms with van der Waals surface area (Å²) in [4.78, 5) is 0. The Morgan fingerprint density at radius 1 is 1.50 bits per heavy atom. The van der Waals surface area contributed by atoms with E-state index in [1.165, 1.54) is 0 Å². The van der Waals surface area contributed by atoms with Crippen molar-refractivity contribution >= 4 is 11.6 Å². The number of nitrogens with zero attached hydrogens (tertiary/aromatic N) is 2. The van der Waals surface area contributed by atoms with E-state index in [-0.39, 0.29) is 0 Å². The van der Waals surface area contributed by atoms with E-state index in [2.05, 4.69) is 5.16 Å². The predicted molar refractivity (Wildman–Crippen MR) is 69.2 cm³/mol. The molecule has 1 aromatic heterocycles. The second-order valence-corrected chi connectivity index (χ2v) is 4.31. The van der Waals surface area contributed by atoms with Crippen molar-refractivity contribution < 1.29 is 4.52 Å². The van der Waals surface area contributed by atoms with Gasteiger partial charge in [-0.25, -0.2) is 0 Å². The lowest BCUT2D eigenvalue weighted by Gasteiger charge is -2.05. The van der Waals surface area contributed by atoms with Gasteiger partial charge in [-0.3, -0.25) is 0 Å². The number of hydrogen-bond acceptors (Lipinski definition) is 4. The molecule has 0 saturated carbocycles. The second kappa shape index (κ2) is 5.21. The van der Waals surface area contributed by atoms with Gasteiger partial charge in [-0.05, 0) is 25.1 Å². The van der Waals surface area contributed by atoms with Crippen LogP contribution in [-0.4, -0.2) is 11.7 Å². The third kappa shape index (κ3) is 2.23. The first-order valence-electron chi connectivity index (χ1n) is 5.52. The van der Waals surface area contributed by atoms with E-state index < -0.39 is 0 Å². The average Bonchev–Trinajstić information content (AvgIpc) is 2.81. The van der Waals surface area contributed by atoms with Crippen LogP contribution in [0.15, 0.2) is 22.7 Å². The lowest BCUT2D eigenvalue weighted by atomic mass is 10.0. The molecular formula is C13H12ClN3O. The zero-order chi connectivity index (χ0) is 13.1. The Kier molecular flexibility index (Phi) is 3.66. The second-order valence-electron chi connectivity index (χ2n) is 3.93. The maximum atomic E-state index is 8.90. The van der Waals surface area contributed by atoms with Crippen LogP contribution in [0.3, 0.4) is 0 Å². The van der Waals surface area contributed by atoms with E-state index in [9.17, 15) is 0 Å². The molecule has 0 spiro atoms. The lowest BCUT2D eigenvalue weighted by molar-refractivity contribution is 0.386. The standard InChI is InChI=1S/C13H12ClN3O/c1-8-11(3-2-9(7-16)13(8)14)12-6-10(4-5-15)18-17-12/h2-3,6H,4-5,15H2,1H3. The van der Waals surface area contributed by atoms with Gasteiger partial charge >= 0.3 is 0 Å². The number of aromatic nitrogens is 1. The average molecular weight is 262 g/mol. The fourth-order valence-corrected chi connectivity index (χ4v) is 1.96. The molecule has 2 N–H and O–H groups in total. The Balaban J connectivity index is 2.45. The molecule has 0 radical (unpaired) electrons. The van der Waals surface area contributed by atoms with E-state index in [0.717, 1.165) is 16.9 Å². The van der Waals surface area contributed by atoms with Crippen LogP contribution in [0.2, 0.25) is 5.02 Å². The molecule has 0 unspecified atom stereocenters. The highest BCUT2D eigenvalue weighted by Gasteiger charge is 2.13. The molecule has 0 aliphatic heterocycles. The molecule has 1 aromatic carbocycles. The van der Waals surface area contributed by atoms with Crippen molar-refractivity contribution in [3.05, 3.63) is 40.1 Å². The van der Waals surface area contributed by atoms with Crippen LogP contribution >= 0.6 is 11.6 Å². The van der Waals surface area contributed by atoms with Gasteiger partial charge in [0.2, 0.25) is 0 Å². The molecule has 5 heteroatoms. The molecule has 0 atom stereocenters. The van der Waals surface area contributed by atoms with Crippen molar-refractivity contribution in [3.8, 4) is 17.3 Å². The van der Waals surface area contributed by atoms with Gasteiger partial charge < -0.3 is 10.3 Å². The summed E-state index contributed by atoms with van der Waals surface area (Å²) in [5, 5.41) is 13.3. The smallest absolute Gasteiger partial charge is 0.138 e. The van der Waals surface area contributed by atoms with Gasteiger partial charge in [-0.15, -0.1) is 0 Å². The molecule has 0 aliphatic rings. The number of benzene rings is 1. The molecule has 18 heavy (non-hydrogen) atoms. The number of nitrogens with two attached hydrogens (primary N) is 1. The van der Waals surface area contributed by atoms with Crippen molar-refractivity contribution in [2.45, 2.75) is 13.3 Å². The molecule has 0 aliphatic carbocycles. The van der Waals surface area contributed by atoms with E-state index in [1.807, 2.05) is 25.1 Å². The van der Waals surface area contributed by atoms with Crippen LogP contribution in [0.4, 0.5) is 0 Å². The maximum absolute atomic E-state index is 8.90. The molecule has 92 valence electrons. The molecule has 2 aromatic rings. The maximum Gasteiger partial charge on any atom is 0.138 e. The predicted octanol–water partition coefficient (Wildman–Crippen LogP) is 2.68. The van der Waals surface area contributed by atoms with Crippen LogP contribution in [0.25, 0.3) is 11.3 Å². The van der Waals surface area contributed by atoms with E-state index in [1.54, 1.807) is 6.07 Å². The number of rotatable bonds is 3. The number of hydrogen-bond donors (Lipinski definition) is 1. The van der Waals surface area contributed by atoms with Gasteiger partial charge in [-0.1, -0.05) is 22.8 Å². The fraction of sp³-hybridized carbons (Fsp3) is 0.231. The third-order valence-corrected chi connectivity index (χ3v) is 3.22. The minimum absolute atomic E-state index is 0.457. The highest BCUT2D eigenvalue weighted by Crippen LogP contribution is 2.30. The van der Waals surface area contributed by atoms with Crippen molar-refractivity contribution in [3.63, 3.8) is 0 Å². The Hall–Kier alpha value is -1.83. The highest BCUT2D eigenvalue weighted by atomic mass is 35.5. The zero-order valence-corrected chi connectivity index (χ0v) is 10.7. The van der Waals surface area contributed by atoms with Crippen LogP contribution in [-0.2, 0) is 6.42 Å². The van der Waals surface area contributed by atoms with Crippen molar-refractivity contribution in [1.82, 2.24) is 5.16 Å². The summed E-state index contributed by atoms with van der Waals surface area (Å²) in [5.74, 6) is 0.743. The molecule has 2 rings (SSSR count). The van der Waals surface area contributed by atoms with Crippen LogP contribution in [0, 0.1) is 18.3 Å². The van der Waals surface area contributed by atoms with Crippen molar-refractivity contribution in [2.24, 2.45) is 5.73 Å². The molecule has 1 heterocycles. The molecule has 0 bridgehead atoms. The summed E-state index contributed by atoms with van der Waals surface area (Å²) in [6, 6.07) is 7.40. The van der Waals surface area contributed by atoms with Gasteiger partial charge in [0.15, 0.2) is 0 Å². The van der Waals surface area contributed by atoms with E-state index in [0.29, 0.717) is 29.2 Å². The topological polar surface area (TPSA) is 75.8 Å². The van der Waals surface area contributed by atoms with Crippen LogP contribution in [0.1, 0.15) is 16.9 Å². The van der Waals surface area contributed by atoms with Crippen molar-refractivity contribution in [2.75, 3.05) is 6.54 Å². The highest BCUT2D eigenvalue weighted by molar-refractivity contribution is 6.32. The molecular weight excluding hydrogens is 250 g/mol. The summed E-state index contributed by atoms with van der Waals surface area (Å²) in [6.07, 6.45) is 0.649. The summed E-state index contributed by atoms with van der Waals surface area (Å²) < 4.78 is 5.17. The SMILES string of the molecule is Cc1c(-c2cc(CCN)on2)ccc(C#N)c1Cl. The fourth-order valence-electron chi connectivity index (χ4n) is 1.75. The van der Waals surface area contributed by atoms with Crippen molar-refractivity contribution in [1.29, 1.82) is 5.26 Å². The molecule has 4 nitrogen and oxygen atoms in total. The van der Waals surface area contributed by atoms with Gasteiger partial charge in [0, 0.05) is 18.1 Å². The largest absolute Gasteiger partial charge is 0.361 e. The first-order chi connectivity index (χ1) is 8.67. The minimum Gasteiger partial charge on any atom is -0.361 e. The summed E-state index contributed by atoms with van der Waals surface area (Å²) >= 11 is 6.12. The number of nitriles is 1. The van der Waals surface area contributed by atoms with Gasteiger partial charge in [0.05, 0.1) is 10.6 Å². The Bertz CT molecular complexity index is 613.